The number of nitrogens with one attached hydrogen (secondary N) is 1. The summed E-state index contributed by atoms with van der Waals surface area (Å²) in [6.45, 7) is 11.5. The van der Waals surface area contributed by atoms with Gasteiger partial charge in [0.25, 0.3) is 0 Å². The molecule has 8 nitrogen and oxygen atoms in total. The Bertz CT molecular complexity index is 1320. The second-order valence-electron chi connectivity index (χ2n) is 11.4. The second kappa shape index (κ2) is 8.91. The molecular formula is C28H35N5O3. The van der Waals surface area contributed by atoms with Crippen molar-refractivity contribution in [3.8, 4) is 0 Å². The van der Waals surface area contributed by atoms with E-state index in [0.717, 1.165) is 59.6 Å². The molecule has 5 rings (SSSR count). The smallest absolute Gasteiger partial charge is 0.407 e. The predicted molar refractivity (Wildman–Crippen MR) is 139 cm³/mol. The summed E-state index contributed by atoms with van der Waals surface area (Å²) >= 11 is 0. The maximum Gasteiger partial charge on any atom is 0.407 e. The molecule has 8 heteroatoms. The fourth-order valence-corrected chi connectivity index (χ4v) is 4.93. The van der Waals surface area contributed by atoms with Crippen LogP contribution in [0.1, 0.15) is 70.8 Å². The van der Waals surface area contributed by atoms with Gasteiger partial charge in [0, 0.05) is 24.8 Å². The maximum atomic E-state index is 13.4. The second-order valence-corrected chi connectivity index (χ2v) is 11.4. The van der Waals surface area contributed by atoms with Crippen LogP contribution in [-0.4, -0.2) is 32.1 Å². The van der Waals surface area contributed by atoms with Crippen molar-refractivity contribution in [3.63, 3.8) is 0 Å². The Balaban J connectivity index is 1.43. The average Bonchev–Trinajstić information content (AvgIpc) is 3.50. The third kappa shape index (κ3) is 4.56. The van der Waals surface area contributed by atoms with E-state index in [0.29, 0.717) is 19.0 Å². The number of hydrogen-bond acceptors (Lipinski definition) is 5. The number of carbonyl (C=O) groups is 2. The first-order valence-corrected chi connectivity index (χ1v) is 12.8. The number of nitrogens with zero attached hydrogens (tertiary/aromatic N) is 4. The van der Waals surface area contributed by atoms with Gasteiger partial charge in [-0.2, -0.15) is 0 Å². The molecule has 2 amide bonds. The molecule has 1 saturated carbocycles. The van der Waals surface area contributed by atoms with Gasteiger partial charge in [0.15, 0.2) is 0 Å². The number of aryl methyl sites for hydroxylation is 1. The van der Waals surface area contributed by atoms with Crippen molar-refractivity contribution in [2.24, 2.45) is 5.92 Å². The summed E-state index contributed by atoms with van der Waals surface area (Å²) in [4.78, 5) is 36.9. The molecular weight excluding hydrogens is 454 g/mol. The lowest BCUT2D eigenvalue weighted by molar-refractivity contribution is -0.120. The van der Waals surface area contributed by atoms with Gasteiger partial charge < -0.3 is 14.6 Å². The summed E-state index contributed by atoms with van der Waals surface area (Å²) in [6, 6.07) is 10.0. The fraction of sp³-hybridized carbons (Fsp3) is 0.500. The zero-order valence-corrected chi connectivity index (χ0v) is 21.8. The molecule has 3 heterocycles. The van der Waals surface area contributed by atoms with Crippen LogP contribution in [0.2, 0.25) is 0 Å². The molecule has 36 heavy (non-hydrogen) atoms. The Morgan fingerprint density at radius 2 is 2.00 bits per heavy atom. The van der Waals surface area contributed by atoms with Gasteiger partial charge in [-0.3, -0.25) is 9.69 Å². The number of rotatable bonds is 7. The summed E-state index contributed by atoms with van der Waals surface area (Å²) in [7, 11) is 0. The van der Waals surface area contributed by atoms with E-state index < -0.39 is 11.7 Å². The molecule has 2 aromatic heterocycles. The SMILES string of the molecule is CC(C)CCn1c(CN2C(=O)C3(CC3)c3cccnc32)nc2cc(CNC(=O)OC(C)(C)C)ccc21. The summed E-state index contributed by atoms with van der Waals surface area (Å²) in [5.41, 5.74) is 2.95. The van der Waals surface area contributed by atoms with Gasteiger partial charge in [0.05, 0.1) is 23.0 Å². The van der Waals surface area contributed by atoms with Gasteiger partial charge in [0.2, 0.25) is 5.91 Å². The Morgan fingerprint density at radius 3 is 2.69 bits per heavy atom. The minimum absolute atomic E-state index is 0.140. The highest BCUT2D eigenvalue weighted by atomic mass is 16.6. The summed E-state index contributed by atoms with van der Waals surface area (Å²) in [5.74, 6) is 2.30. The number of fused-ring (bicyclic) bond motifs is 3. The Kier molecular flexibility index (Phi) is 6.01. The number of benzene rings is 1. The van der Waals surface area contributed by atoms with Crippen molar-refractivity contribution in [3.05, 3.63) is 53.5 Å². The topological polar surface area (TPSA) is 89.4 Å². The van der Waals surface area contributed by atoms with Crippen molar-refractivity contribution >= 4 is 28.9 Å². The molecule has 0 unspecified atom stereocenters. The molecule has 1 N–H and O–H groups in total. The van der Waals surface area contributed by atoms with Gasteiger partial charge in [0.1, 0.15) is 17.2 Å². The van der Waals surface area contributed by atoms with E-state index in [9.17, 15) is 9.59 Å². The quantitative estimate of drug-likeness (QED) is 0.500. The lowest BCUT2D eigenvalue weighted by atomic mass is 10.00. The van der Waals surface area contributed by atoms with E-state index >= 15 is 0 Å². The first kappa shape index (κ1) is 24.3. The number of hydrogen-bond donors (Lipinski definition) is 1. The number of alkyl carbamates (subject to hydrolysis) is 1. The zero-order valence-electron chi connectivity index (χ0n) is 21.8. The van der Waals surface area contributed by atoms with Crippen LogP contribution in [0.4, 0.5) is 10.6 Å². The lowest BCUT2D eigenvalue weighted by Crippen LogP contribution is -2.33. The number of imidazole rings is 1. The number of ether oxygens (including phenoxy) is 1. The molecule has 1 aliphatic heterocycles. The molecule has 190 valence electrons. The van der Waals surface area contributed by atoms with Crippen molar-refractivity contribution < 1.29 is 14.3 Å². The number of aromatic nitrogens is 3. The van der Waals surface area contributed by atoms with E-state index in [1.54, 1.807) is 6.20 Å². The Morgan fingerprint density at radius 1 is 1.22 bits per heavy atom. The highest BCUT2D eigenvalue weighted by Gasteiger charge is 2.59. The molecule has 1 aromatic carbocycles. The fourth-order valence-electron chi connectivity index (χ4n) is 4.93. The first-order chi connectivity index (χ1) is 17.1. The molecule has 1 fully saturated rings. The van der Waals surface area contributed by atoms with Crippen LogP contribution in [0.15, 0.2) is 36.5 Å². The molecule has 0 bridgehead atoms. The number of amides is 2. The van der Waals surface area contributed by atoms with E-state index in [1.165, 1.54) is 0 Å². The van der Waals surface area contributed by atoms with E-state index in [-0.39, 0.29) is 11.3 Å². The van der Waals surface area contributed by atoms with Crippen molar-refractivity contribution in [2.45, 2.75) is 84.5 Å². The first-order valence-electron chi connectivity index (χ1n) is 12.8. The van der Waals surface area contributed by atoms with E-state index in [1.807, 2.05) is 49.9 Å². The van der Waals surface area contributed by atoms with Gasteiger partial charge >= 0.3 is 6.09 Å². The Hall–Kier alpha value is -3.42. The molecule has 3 aromatic rings. The summed E-state index contributed by atoms with van der Waals surface area (Å²) in [5, 5.41) is 2.82. The molecule has 0 radical (unpaired) electrons. The van der Waals surface area contributed by atoms with E-state index in [4.69, 9.17) is 9.72 Å². The third-order valence-electron chi connectivity index (χ3n) is 6.92. The van der Waals surface area contributed by atoms with Crippen LogP contribution in [0.3, 0.4) is 0 Å². The standard InChI is InChI=1S/C28H35N5O3/c1-18(2)10-14-32-22-9-8-19(16-30-26(35)36-27(3,4)5)15-21(22)31-23(32)17-33-24-20(7-6-13-29-24)28(11-12-28)25(33)34/h6-9,13,15,18H,10-12,14,16-17H2,1-5H3,(H,30,35). The van der Waals surface area contributed by atoms with Crippen molar-refractivity contribution in [1.29, 1.82) is 0 Å². The van der Waals surface area contributed by atoms with Gasteiger partial charge in [-0.05, 0) is 69.7 Å². The molecule has 1 aliphatic carbocycles. The van der Waals surface area contributed by atoms with Crippen LogP contribution >= 0.6 is 0 Å². The highest BCUT2D eigenvalue weighted by molar-refractivity contribution is 6.09. The summed E-state index contributed by atoms with van der Waals surface area (Å²) < 4.78 is 7.58. The molecule has 0 atom stereocenters. The van der Waals surface area contributed by atoms with Crippen LogP contribution < -0.4 is 10.2 Å². The molecule has 2 aliphatic rings. The monoisotopic (exact) mass is 489 g/mol. The zero-order chi connectivity index (χ0) is 25.7. The molecule has 0 saturated heterocycles. The van der Waals surface area contributed by atoms with E-state index in [2.05, 4.69) is 34.8 Å². The van der Waals surface area contributed by atoms with Crippen molar-refractivity contribution in [2.75, 3.05) is 4.90 Å². The van der Waals surface area contributed by atoms with Crippen molar-refractivity contribution in [1.82, 2.24) is 19.9 Å². The number of anilines is 1. The van der Waals surface area contributed by atoms with Crippen LogP contribution in [-0.2, 0) is 34.6 Å². The number of carbonyl (C=O) groups excluding carboxylic acids is 2. The largest absolute Gasteiger partial charge is 0.444 e. The normalized spacial score (nSPS) is 16.2. The predicted octanol–water partition coefficient (Wildman–Crippen LogP) is 5.08. The van der Waals surface area contributed by atoms with Crippen LogP contribution in [0.5, 0.6) is 0 Å². The lowest BCUT2D eigenvalue weighted by Gasteiger charge is -2.19. The third-order valence-corrected chi connectivity index (χ3v) is 6.92. The minimum atomic E-state index is -0.544. The average molecular weight is 490 g/mol. The van der Waals surface area contributed by atoms with Crippen LogP contribution in [0.25, 0.3) is 11.0 Å². The number of pyridine rings is 1. The summed E-state index contributed by atoms with van der Waals surface area (Å²) in [6.07, 6.45) is 4.09. The Labute approximate surface area is 212 Å². The van der Waals surface area contributed by atoms with Gasteiger partial charge in [-0.1, -0.05) is 26.0 Å². The maximum absolute atomic E-state index is 13.4. The van der Waals surface area contributed by atoms with Gasteiger partial charge in [-0.15, -0.1) is 0 Å². The minimum Gasteiger partial charge on any atom is -0.444 e. The molecule has 1 spiro atoms. The highest BCUT2D eigenvalue weighted by Crippen LogP contribution is 2.56. The van der Waals surface area contributed by atoms with Gasteiger partial charge in [-0.25, -0.2) is 14.8 Å². The van der Waals surface area contributed by atoms with Crippen LogP contribution in [0, 0.1) is 5.92 Å².